The van der Waals surface area contributed by atoms with E-state index in [1.165, 1.54) is 11.6 Å². The third-order valence-corrected chi connectivity index (χ3v) is 10.2. The number of carbonyl (C=O) groups excluding carboxylic acids is 1. The molecular formula is C32H42N8O4S. The molecule has 1 N–H and O–H groups in total. The fourth-order valence-electron chi connectivity index (χ4n) is 7.30. The summed E-state index contributed by atoms with van der Waals surface area (Å²) < 4.78 is 32.7. The fourth-order valence-corrected chi connectivity index (χ4v) is 7.86. The molecule has 3 aliphatic heterocycles. The van der Waals surface area contributed by atoms with E-state index in [0.717, 1.165) is 74.2 Å². The normalized spacial score (nSPS) is 23.3. The van der Waals surface area contributed by atoms with E-state index in [9.17, 15) is 18.5 Å². The summed E-state index contributed by atoms with van der Waals surface area (Å²) in [5.41, 5.74) is 4.91. The molecule has 4 aliphatic rings. The van der Waals surface area contributed by atoms with Crippen LogP contribution in [0, 0.1) is 11.3 Å². The number of ether oxygens (including phenoxy) is 1. The van der Waals surface area contributed by atoms with Crippen LogP contribution >= 0.6 is 0 Å². The largest absolute Gasteiger partial charge is 0.462 e. The minimum Gasteiger partial charge on any atom is -0.462 e. The number of nitrogens with one attached hydrogen (secondary N) is 1. The maximum atomic E-state index is 12.6. The first-order valence-electron chi connectivity index (χ1n) is 15.8. The predicted octanol–water partition coefficient (Wildman–Crippen LogP) is 2.36. The number of aromatic nitrogens is 2. The van der Waals surface area contributed by atoms with E-state index >= 15 is 0 Å². The summed E-state index contributed by atoms with van der Waals surface area (Å²) in [7, 11) is -1.26. The van der Waals surface area contributed by atoms with Gasteiger partial charge in [0.1, 0.15) is 12.4 Å². The average molecular weight is 635 g/mol. The smallest absolute Gasteiger partial charge is 0.318 e. The molecule has 4 heterocycles. The molecule has 0 saturated carbocycles. The number of rotatable bonds is 9. The Labute approximate surface area is 265 Å². The fraction of sp³-hybridized carbons (Fsp3) is 0.562. The lowest BCUT2D eigenvalue weighted by molar-refractivity contribution is -0.128. The number of hydrogen-bond donors (Lipinski definition) is 1. The first kappa shape index (κ1) is 31.1. The lowest BCUT2D eigenvalue weighted by Crippen LogP contribution is -2.55. The van der Waals surface area contributed by atoms with Gasteiger partial charge in [-0.3, -0.25) is 9.52 Å². The molecule has 2 aromatic rings. The Bertz CT molecular complexity index is 1610. The minimum atomic E-state index is -3.38. The molecule has 1 aromatic carbocycles. The SMILES string of the molecule is C=CC(=O)N1CCN(c2nc(OC[C@@H]3CCCN3C)nc3c2CCC(N2CCc4ccc(NS(C)(=O)=O)cc42)C3)C[C@@H]1CC#N. The maximum absolute atomic E-state index is 12.6. The summed E-state index contributed by atoms with van der Waals surface area (Å²) in [4.78, 5) is 31.1. The van der Waals surface area contributed by atoms with Crippen molar-refractivity contribution in [1.29, 1.82) is 5.26 Å². The number of carbonyl (C=O) groups is 1. The Morgan fingerprint density at radius 2 is 2.02 bits per heavy atom. The Morgan fingerprint density at radius 1 is 1.18 bits per heavy atom. The molecule has 0 bridgehead atoms. The highest BCUT2D eigenvalue weighted by molar-refractivity contribution is 7.92. The number of nitriles is 1. The molecule has 13 heteroatoms. The van der Waals surface area contributed by atoms with E-state index < -0.39 is 10.0 Å². The third-order valence-electron chi connectivity index (χ3n) is 9.61. The highest BCUT2D eigenvalue weighted by Crippen LogP contribution is 2.38. The molecule has 0 radical (unpaired) electrons. The topological polar surface area (TPSA) is 135 Å². The van der Waals surface area contributed by atoms with Gasteiger partial charge in [0.15, 0.2) is 0 Å². The molecule has 12 nitrogen and oxygen atoms in total. The highest BCUT2D eigenvalue weighted by Gasteiger charge is 2.36. The molecule has 1 unspecified atom stereocenters. The number of likely N-dealkylation sites (N-methyl/N-ethyl adjacent to an activating group) is 1. The van der Waals surface area contributed by atoms with E-state index in [-0.39, 0.29) is 24.4 Å². The number of piperazine rings is 1. The number of sulfonamides is 1. The van der Waals surface area contributed by atoms with Crippen molar-refractivity contribution in [3.05, 3.63) is 47.7 Å². The summed E-state index contributed by atoms with van der Waals surface area (Å²) in [5, 5.41) is 9.53. The second-order valence-corrected chi connectivity index (χ2v) is 14.3. The summed E-state index contributed by atoms with van der Waals surface area (Å²) in [6, 6.07) is 8.65. The lowest BCUT2D eigenvalue weighted by atomic mass is 9.90. The van der Waals surface area contributed by atoms with Gasteiger partial charge >= 0.3 is 6.01 Å². The molecule has 240 valence electrons. The zero-order valence-corrected chi connectivity index (χ0v) is 26.9. The number of hydrogen-bond acceptors (Lipinski definition) is 10. The molecule has 2 fully saturated rings. The van der Waals surface area contributed by atoms with Crippen molar-refractivity contribution in [2.45, 2.75) is 63.1 Å². The van der Waals surface area contributed by atoms with Gasteiger partial charge in [-0.1, -0.05) is 12.6 Å². The van der Waals surface area contributed by atoms with Crippen LogP contribution < -0.4 is 19.3 Å². The van der Waals surface area contributed by atoms with Crippen molar-refractivity contribution < 1.29 is 17.9 Å². The molecule has 2 saturated heterocycles. The second kappa shape index (κ2) is 12.8. The van der Waals surface area contributed by atoms with E-state index in [4.69, 9.17) is 14.7 Å². The summed E-state index contributed by atoms with van der Waals surface area (Å²) in [6.45, 7) is 7.66. The van der Waals surface area contributed by atoms with Crippen molar-refractivity contribution in [2.75, 3.05) is 67.2 Å². The number of anilines is 3. The molecule has 6 rings (SSSR count). The minimum absolute atomic E-state index is 0.159. The van der Waals surface area contributed by atoms with Crippen LogP contribution in [-0.4, -0.2) is 105 Å². The van der Waals surface area contributed by atoms with Crippen molar-refractivity contribution >= 4 is 33.1 Å². The van der Waals surface area contributed by atoms with Crippen LogP contribution in [0.2, 0.25) is 0 Å². The van der Waals surface area contributed by atoms with Crippen molar-refractivity contribution in [3.8, 4) is 12.1 Å². The molecule has 1 aliphatic carbocycles. The Balaban J connectivity index is 1.29. The first-order chi connectivity index (χ1) is 21.6. The lowest BCUT2D eigenvalue weighted by Gasteiger charge is -2.42. The van der Waals surface area contributed by atoms with Gasteiger partial charge in [0.2, 0.25) is 15.9 Å². The van der Waals surface area contributed by atoms with Gasteiger partial charge in [0, 0.05) is 55.9 Å². The monoisotopic (exact) mass is 634 g/mol. The molecule has 3 atom stereocenters. The molecule has 1 aromatic heterocycles. The number of fused-ring (bicyclic) bond motifs is 2. The Kier molecular flexibility index (Phi) is 8.88. The van der Waals surface area contributed by atoms with Gasteiger partial charge in [-0.15, -0.1) is 0 Å². The quantitative estimate of drug-likeness (QED) is 0.410. The predicted molar refractivity (Wildman–Crippen MR) is 173 cm³/mol. The van der Waals surface area contributed by atoms with Gasteiger partial charge in [0.25, 0.3) is 0 Å². The molecule has 1 amide bonds. The van der Waals surface area contributed by atoms with Gasteiger partial charge in [0.05, 0.1) is 36.2 Å². The maximum Gasteiger partial charge on any atom is 0.318 e. The molecule has 0 spiro atoms. The van der Waals surface area contributed by atoms with Crippen LogP contribution in [0.3, 0.4) is 0 Å². The van der Waals surface area contributed by atoms with Crippen LogP contribution in [0.5, 0.6) is 6.01 Å². The van der Waals surface area contributed by atoms with E-state index in [0.29, 0.717) is 50.4 Å². The zero-order valence-electron chi connectivity index (χ0n) is 26.1. The van der Waals surface area contributed by atoms with Crippen LogP contribution in [0.4, 0.5) is 17.2 Å². The van der Waals surface area contributed by atoms with Crippen molar-refractivity contribution in [1.82, 2.24) is 19.8 Å². The van der Waals surface area contributed by atoms with Crippen molar-refractivity contribution in [3.63, 3.8) is 0 Å². The Hall–Kier alpha value is -3.89. The highest BCUT2D eigenvalue weighted by atomic mass is 32.2. The number of nitrogens with zero attached hydrogens (tertiary/aromatic N) is 7. The van der Waals surface area contributed by atoms with Crippen LogP contribution in [0.15, 0.2) is 30.9 Å². The molecule has 45 heavy (non-hydrogen) atoms. The van der Waals surface area contributed by atoms with Gasteiger partial charge in [-0.05, 0) is 69.5 Å². The Morgan fingerprint density at radius 3 is 2.76 bits per heavy atom. The van der Waals surface area contributed by atoms with Crippen LogP contribution in [0.25, 0.3) is 0 Å². The standard InChI is InChI=1S/C32H42N8O4S/c1-4-30(41)40-17-16-38(20-25(40)11-13-33)31-27-10-9-24(19-28(27)34-32(35-31)44-21-26-6-5-14-37(26)2)39-15-12-22-7-8-23(18-29(22)39)36-45(3,42)43/h4,7-8,18,24-26,36H,1,5-6,9-12,14-17,19-21H2,2-3H3/t24?,25-,26-/m0/s1. The first-order valence-corrected chi connectivity index (χ1v) is 17.7. The summed E-state index contributed by atoms with van der Waals surface area (Å²) in [5.74, 6) is 0.677. The number of benzene rings is 1. The third kappa shape index (κ3) is 6.72. The molecular weight excluding hydrogens is 592 g/mol. The van der Waals surface area contributed by atoms with Crippen LogP contribution in [-0.2, 0) is 34.1 Å². The van der Waals surface area contributed by atoms with Gasteiger partial charge in [-0.2, -0.15) is 15.2 Å². The van der Waals surface area contributed by atoms with Gasteiger partial charge < -0.3 is 24.3 Å². The summed E-state index contributed by atoms with van der Waals surface area (Å²) in [6.07, 6.45) is 8.23. The average Bonchev–Trinajstić information content (AvgIpc) is 3.63. The van der Waals surface area contributed by atoms with Crippen molar-refractivity contribution in [2.24, 2.45) is 0 Å². The summed E-state index contributed by atoms with van der Waals surface area (Å²) >= 11 is 0. The van der Waals surface area contributed by atoms with E-state index in [1.807, 2.05) is 18.2 Å². The van der Waals surface area contributed by atoms with E-state index in [1.54, 1.807) is 4.90 Å². The zero-order chi connectivity index (χ0) is 31.7. The number of likely N-dealkylation sites (tertiary alicyclic amines) is 1. The van der Waals surface area contributed by atoms with Crippen LogP contribution in [0.1, 0.15) is 42.5 Å². The second-order valence-electron chi connectivity index (χ2n) is 12.6. The number of amides is 1. The van der Waals surface area contributed by atoms with Gasteiger partial charge in [-0.25, -0.2) is 8.42 Å². The van der Waals surface area contributed by atoms with E-state index in [2.05, 4.69) is 39.1 Å².